The third kappa shape index (κ3) is 3.16. The molecule has 0 aromatic rings. The van der Waals surface area contributed by atoms with Gasteiger partial charge in [0.2, 0.25) is 5.91 Å². The molecule has 44 valence electrons. The maximum absolute atomic E-state index is 10.3. The molecule has 0 aliphatic carbocycles. The van der Waals surface area contributed by atoms with Crippen molar-refractivity contribution in [2.75, 3.05) is 6.54 Å². The maximum atomic E-state index is 10.3. The summed E-state index contributed by atoms with van der Waals surface area (Å²) < 4.78 is 0. The number of hydrogen-bond donors (Lipinski definition) is 1. The predicted octanol–water partition coefficient (Wildman–Crippen LogP) is 0.0362. The van der Waals surface area contributed by atoms with E-state index in [1.54, 1.807) is 6.07 Å². The van der Waals surface area contributed by atoms with Gasteiger partial charge in [-0.25, -0.2) is 0 Å². The summed E-state index contributed by atoms with van der Waals surface area (Å²) in [5.41, 5.74) is 0. The number of amides is 1. The highest BCUT2D eigenvalue weighted by atomic mass is 16.1. The predicted molar refractivity (Wildman–Crippen MR) is 28.9 cm³/mol. The average Bonchev–Trinajstić information content (AvgIpc) is 1.68. The van der Waals surface area contributed by atoms with E-state index in [1.165, 1.54) is 0 Å². The van der Waals surface area contributed by atoms with E-state index >= 15 is 0 Å². The van der Waals surface area contributed by atoms with Crippen molar-refractivity contribution in [3.63, 3.8) is 0 Å². The summed E-state index contributed by atoms with van der Waals surface area (Å²) in [6.45, 7) is 2.41. The SMILES string of the molecule is CCNC(=O)CC#N. The Bertz CT molecular complexity index is 114. The summed E-state index contributed by atoms with van der Waals surface area (Å²) in [6.07, 6.45) is -0.0339. The molecule has 1 amide bonds. The van der Waals surface area contributed by atoms with Gasteiger partial charge in [0.05, 0.1) is 6.07 Å². The van der Waals surface area contributed by atoms with Gasteiger partial charge in [-0.3, -0.25) is 4.79 Å². The van der Waals surface area contributed by atoms with Gasteiger partial charge in [-0.1, -0.05) is 0 Å². The summed E-state index contributed by atoms with van der Waals surface area (Å²) in [5, 5.41) is 10.4. The molecular weight excluding hydrogens is 104 g/mol. The molecule has 0 rings (SSSR count). The Labute approximate surface area is 48.3 Å². The van der Waals surface area contributed by atoms with E-state index in [-0.39, 0.29) is 12.3 Å². The Morgan fingerprint density at radius 3 is 2.88 bits per heavy atom. The lowest BCUT2D eigenvalue weighted by Crippen LogP contribution is -2.21. The minimum atomic E-state index is -0.199. The fourth-order valence-electron chi connectivity index (χ4n) is 0.331. The molecule has 0 aromatic heterocycles. The zero-order valence-corrected chi connectivity index (χ0v) is 4.77. The van der Waals surface area contributed by atoms with Crippen LogP contribution in [0.25, 0.3) is 0 Å². The van der Waals surface area contributed by atoms with E-state index in [0.29, 0.717) is 6.54 Å². The molecule has 0 aromatic carbocycles. The average molecular weight is 112 g/mol. The molecule has 8 heavy (non-hydrogen) atoms. The van der Waals surface area contributed by atoms with Crippen molar-refractivity contribution in [3.8, 4) is 6.07 Å². The van der Waals surface area contributed by atoms with Gasteiger partial charge in [-0.15, -0.1) is 0 Å². The quantitative estimate of drug-likeness (QED) is 0.548. The summed E-state index contributed by atoms with van der Waals surface area (Å²) in [5.74, 6) is -0.199. The molecule has 0 bridgehead atoms. The smallest absolute Gasteiger partial charge is 0.234 e. The highest BCUT2D eigenvalue weighted by Crippen LogP contribution is 1.71. The standard InChI is InChI=1S/C5H8N2O/c1-2-7-5(8)3-4-6/h2-3H2,1H3,(H,7,8). The van der Waals surface area contributed by atoms with Crippen molar-refractivity contribution < 1.29 is 4.79 Å². The molecule has 0 radical (unpaired) electrons. The third-order valence-electron chi connectivity index (χ3n) is 0.614. The van der Waals surface area contributed by atoms with Crippen LogP contribution in [0.2, 0.25) is 0 Å². The molecule has 0 heterocycles. The molecule has 0 atom stereocenters. The lowest BCUT2D eigenvalue weighted by molar-refractivity contribution is -0.120. The molecule has 0 aliphatic rings. The zero-order chi connectivity index (χ0) is 6.41. The van der Waals surface area contributed by atoms with Gasteiger partial charge >= 0.3 is 0 Å². The van der Waals surface area contributed by atoms with Crippen molar-refractivity contribution in [1.29, 1.82) is 5.26 Å². The first kappa shape index (κ1) is 6.96. The molecule has 0 spiro atoms. The number of nitrogens with zero attached hydrogens (tertiary/aromatic N) is 1. The van der Waals surface area contributed by atoms with Crippen LogP contribution in [0.1, 0.15) is 13.3 Å². The number of hydrogen-bond acceptors (Lipinski definition) is 2. The minimum Gasteiger partial charge on any atom is -0.355 e. The zero-order valence-electron chi connectivity index (χ0n) is 4.77. The molecule has 0 fully saturated rings. The number of nitrogens with one attached hydrogen (secondary N) is 1. The summed E-state index contributed by atoms with van der Waals surface area (Å²) in [4.78, 5) is 10.3. The molecule has 1 N–H and O–H groups in total. The van der Waals surface area contributed by atoms with Crippen molar-refractivity contribution in [2.45, 2.75) is 13.3 Å². The van der Waals surface area contributed by atoms with Crippen LogP contribution in [0, 0.1) is 11.3 Å². The van der Waals surface area contributed by atoms with Gasteiger partial charge in [0.25, 0.3) is 0 Å². The van der Waals surface area contributed by atoms with Crippen LogP contribution in [-0.4, -0.2) is 12.5 Å². The van der Waals surface area contributed by atoms with Gasteiger partial charge in [0, 0.05) is 6.54 Å². The Morgan fingerprint density at radius 2 is 2.50 bits per heavy atom. The molecule has 3 heteroatoms. The van der Waals surface area contributed by atoms with E-state index in [4.69, 9.17) is 5.26 Å². The monoisotopic (exact) mass is 112 g/mol. The lowest BCUT2D eigenvalue weighted by Gasteiger charge is -1.92. The normalized spacial score (nSPS) is 7.50. The first-order valence-electron chi connectivity index (χ1n) is 2.45. The molecule has 0 unspecified atom stereocenters. The second-order valence-electron chi connectivity index (χ2n) is 1.29. The van der Waals surface area contributed by atoms with E-state index in [9.17, 15) is 4.79 Å². The Morgan fingerprint density at radius 1 is 1.88 bits per heavy atom. The highest BCUT2D eigenvalue weighted by Gasteiger charge is 1.93. The number of carbonyl (C=O) groups is 1. The van der Waals surface area contributed by atoms with Crippen LogP contribution < -0.4 is 5.32 Å². The first-order chi connectivity index (χ1) is 3.81. The van der Waals surface area contributed by atoms with Crippen LogP contribution in [0.15, 0.2) is 0 Å². The van der Waals surface area contributed by atoms with Crippen molar-refractivity contribution >= 4 is 5.91 Å². The van der Waals surface area contributed by atoms with Gasteiger partial charge in [0.15, 0.2) is 0 Å². The maximum Gasteiger partial charge on any atom is 0.234 e. The van der Waals surface area contributed by atoms with Gasteiger partial charge < -0.3 is 5.32 Å². The Kier molecular flexibility index (Phi) is 3.59. The topological polar surface area (TPSA) is 52.9 Å². The fourth-order valence-corrected chi connectivity index (χ4v) is 0.331. The second-order valence-corrected chi connectivity index (χ2v) is 1.29. The van der Waals surface area contributed by atoms with E-state index < -0.39 is 0 Å². The molecule has 0 saturated carbocycles. The van der Waals surface area contributed by atoms with Crippen molar-refractivity contribution in [3.05, 3.63) is 0 Å². The van der Waals surface area contributed by atoms with Gasteiger partial charge in [-0.05, 0) is 6.92 Å². The fraction of sp³-hybridized carbons (Fsp3) is 0.600. The number of carbonyl (C=O) groups excluding carboxylic acids is 1. The summed E-state index contributed by atoms with van der Waals surface area (Å²) in [6, 6.07) is 1.74. The summed E-state index contributed by atoms with van der Waals surface area (Å²) >= 11 is 0. The van der Waals surface area contributed by atoms with E-state index in [1.807, 2.05) is 6.92 Å². The first-order valence-corrected chi connectivity index (χ1v) is 2.45. The summed E-state index contributed by atoms with van der Waals surface area (Å²) in [7, 11) is 0. The second kappa shape index (κ2) is 4.13. The largest absolute Gasteiger partial charge is 0.355 e. The Balaban J connectivity index is 3.23. The number of rotatable bonds is 2. The highest BCUT2D eigenvalue weighted by molar-refractivity contribution is 5.77. The molecule has 0 saturated heterocycles. The van der Waals surface area contributed by atoms with Gasteiger partial charge in [0.1, 0.15) is 6.42 Å². The van der Waals surface area contributed by atoms with E-state index in [2.05, 4.69) is 5.32 Å². The van der Waals surface area contributed by atoms with E-state index in [0.717, 1.165) is 0 Å². The molecule has 0 aliphatic heterocycles. The van der Waals surface area contributed by atoms with Crippen LogP contribution >= 0.6 is 0 Å². The lowest BCUT2D eigenvalue weighted by atomic mass is 10.4. The number of nitriles is 1. The van der Waals surface area contributed by atoms with Crippen LogP contribution in [0.3, 0.4) is 0 Å². The Hall–Kier alpha value is -1.04. The van der Waals surface area contributed by atoms with Crippen molar-refractivity contribution in [1.82, 2.24) is 5.32 Å². The molecular formula is C5H8N2O. The third-order valence-corrected chi connectivity index (χ3v) is 0.614. The van der Waals surface area contributed by atoms with Crippen LogP contribution in [0.5, 0.6) is 0 Å². The van der Waals surface area contributed by atoms with Crippen LogP contribution in [0.4, 0.5) is 0 Å². The van der Waals surface area contributed by atoms with Gasteiger partial charge in [-0.2, -0.15) is 5.26 Å². The van der Waals surface area contributed by atoms with Crippen molar-refractivity contribution in [2.24, 2.45) is 0 Å². The molecule has 3 nitrogen and oxygen atoms in total. The minimum absolute atomic E-state index is 0.0339. The van der Waals surface area contributed by atoms with Crippen LogP contribution in [-0.2, 0) is 4.79 Å².